The molecular weight excluding hydrogens is 464 g/mol. The van der Waals surface area contributed by atoms with Crippen molar-refractivity contribution in [2.75, 3.05) is 6.61 Å². The molecule has 0 bridgehead atoms. The maximum atomic E-state index is 13.9. The van der Waals surface area contributed by atoms with Gasteiger partial charge in [0.1, 0.15) is 11.9 Å². The lowest BCUT2D eigenvalue weighted by atomic mass is 9.44. The lowest BCUT2D eigenvalue weighted by molar-refractivity contribution is -0.179. The van der Waals surface area contributed by atoms with Gasteiger partial charge in [0.05, 0.1) is 11.5 Å². The van der Waals surface area contributed by atoms with Crippen molar-refractivity contribution in [1.82, 2.24) is 0 Å². The normalized spacial score (nSPS) is 40.9. The number of hydrogen-bond acceptors (Lipinski definition) is 8. The van der Waals surface area contributed by atoms with E-state index in [1.807, 2.05) is 13.0 Å². The molecule has 4 aliphatic rings. The third-order valence-corrected chi connectivity index (χ3v) is 9.66. The Labute approximate surface area is 211 Å². The third kappa shape index (κ3) is 3.88. The molecule has 1 N–H and O–H groups in total. The first-order chi connectivity index (χ1) is 16.8. The molecule has 3 fully saturated rings. The van der Waals surface area contributed by atoms with Crippen molar-refractivity contribution in [3.63, 3.8) is 0 Å². The molecule has 4 rings (SSSR count). The van der Waals surface area contributed by atoms with Crippen LogP contribution in [-0.2, 0) is 33.4 Å². The molecule has 8 atom stereocenters. The molecule has 36 heavy (non-hydrogen) atoms. The first kappa shape index (κ1) is 26.5. The van der Waals surface area contributed by atoms with Gasteiger partial charge in [-0.2, -0.15) is 0 Å². The Kier molecular flexibility index (Phi) is 6.65. The standard InChI is InChI=1S/C28H36O8/c1-15(29)12-28(23(34)14-35-16(2)30)24(36-17(3)31)11-21-20-7-6-18-10-19(32)8-9-26(18,4)25(20)22(33)13-27(21,28)5/h8-10,20-22,24-25,33H,6-7,11-14H2,1-5H3. The molecule has 8 unspecified atom stereocenters. The fourth-order valence-corrected chi connectivity index (χ4v) is 8.37. The van der Waals surface area contributed by atoms with Crippen LogP contribution in [0.4, 0.5) is 0 Å². The van der Waals surface area contributed by atoms with Gasteiger partial charge in [-0.05, 0) is 62.0 Å². The summed E-state index contributed by atoms with van der Waals surface area (Å²) in [7, 11) is 0. The van der Waals surface area contributed by atoms with E-state index in [1.54, 1.807) is 12.2 Å². The van der Waals surface area contributed by atoms with Gasteiger partial charge in [-0.15, -0.1) is 0 Å². The lowest BCUT2D eigenvalue weighted by Gasteiger charge is -2.60. The molecule has 196 valence electrons. The average Bonchev–Trinajstić information content (AvgIpc) is 2.99. The predicted octanol–water partition coefficient (Wildman–Crippen LogP) is 2.90. The zero-order valence-corrected chi connectivity index (χ0v) is 21.7. The van der Waals surface area contributed by atoms with Crippen molar-refractivity contribution in [3.8, 4) is 0 Å². The minimum Gasteiger partial charge on any atom is -0.461 e. The van der Waals surface area contributed by atoms with Gasteiger partial charge in [-0.1, -0.05) is 25.5 Å². The fraction of sp³-hybridized carbons (Fsp3) is 0.679. The molecule has 0 aromatic heterocycles. The number of ether oxygens (including phenoxy) is 2. The summed E-state index contributed by atoms with van der Waals surface area (Å²) in [4.78, 5) is 62.3. The molecule has 0 heterocycles. The van der Waals surface area contributed by atoms with Crippen LogP contribution in [0.1, 0.15) is 66.7 Å². The van der Waals surface area contributed by atoms with Crippen LogP contribution < -0.4 is 0 Å². The smallest absolute Gasteiger partial charge is 0.303 e. The monoisotopic (exact) mass is 500 g/mol. The quantitative estimate of drug-likeness (QED) is 0.552. The second-order valence-corrected chi connectivity index (χ2v) is 11.6. The molecular formula is C28H36O8. The molecule has 0 amide bonds. The number of carbonyl (C=O) groups is 5. The molecule has 0 spiro atoms. The molecule has 0 saturated heterocycles. The number of esters is 2. The van der Waals surface area contributed by atoms with Crippen molar-refractivity contribution in [1.29, 1.82) is 0 Å². The van der Waals surface area contributed by atoms with Gasteiger partial charge in [0, 0.05) is 31.6 Å². The molecule has 0 aliphatic heterocycles. The van der Waals surface area contributed by atoms with Crippen LogP contribution in [-0.4, -0.2) is 53.2 Å². The Morgan fingerprint density at radius 1 is 1.11 bits per heavy atom. The van der Waals surface area contributed by atoms with E-state index >= 15 is 0 Å². The zero-order chi connectivity index (χ0) is 26.6. The van der Waals surface area contributed by atoms with Crippen LogP contribution in [0.15, 0.2) is 23.8 Å². The van der Waals surface area contributed by atoms with E-state index in [1.165, 1.54) is 20.8 Å². The van der Waals surface area contributed by atoms with E-state index in [-0.39, 0.29) is 42.2 Å². The molecule has 0 aromatic rings. The SMILES string of the molecule is CC(=O)CC1(C(=O)COC(C)=O)C(OC(C)=O)CC2C3CCC4=CC(=O)C=CC4(C)C3C(O)CC21C. The first-order valence-electron chi connectivity index (χ1n) is 12.7. The average molecular weight is 501 g/mol. The van der Waals surface area contributed by atoms with E-state index in [0.717, 1.165) is 5.57 Å². The summed E-state index contributed by atoms with van der Waals surface area (Å²) in [5, 5.41) is 11.7. The Balaban J connectivity index is 1.83. The van der Waals surface area contributed by atoms with Gasteiger partial charge < -0.3 is 14.6 Å². The van der Waals surface area contributed by atoms with Crippen molar-refractivity contribution in [2.24, 2.45) is 34.0 Å². The van der Waals surface area contributed by atoms with Crippen molar-refractivity contribution < 1.29 is 38.6 Å². The van der Waals surface area contributed by atoms with Crippen LogP contribution >= 0.6 is 0 Å². The Morgan fingerprint density at radius 2 is 1.81 bits per heavy atom. The Bertz CT molecular complexity index is 1070. The number of allylic oxidation sites excluding steroid dienone is 4. The van der Waals surface area contributed by atoms with E-state index in [9.17, 15) is 29.1 Å². The highest BCUT2D eigenvalue weighted by molar-refractivity contribution is 6.01. The summed E-state index contributed by atoms with van der Waals surface area (Å²) in [5.74, 6) is -2.25. The lowest BCUT2D eigenvalue weighted by Crippen LogP contribution is -2.61. The maximum Gasteiger partial charge on any atom is 0.303 e. The summed E-state index contributed by atoms with van der Waals surface area (Å²) in [6.07, 6.45) is 5.28. The van der Waals surface area contributed by atoms with Gasteiger partial charge in [-0.25, -0.2) is 0 Å². The first-order valence-corrected chi connectivity index (χ1v) is 12.7. The summed E-state index contributed by atoms with van der Waals surface area (Å²) in [6, 6.07) is 0. The van der Waals surface area contributed by atoms with Crippen LogP contribution in [0.2, 0.25) is 0 Å². The number of rotatable bonds is 6. The van der Waals surface area contributed by atoms with Gasteiger partial charge in [0.15, 0.2) is 18.2 Å². The summed E-state index contributed by atoms with van der Waals surface area (Å²) in [6.45, 7) is 7.33. The number of Topliss-reactive ketones (excluding diaryl/α,β-unsaturated/α-hetero) is 2. The van der Waals surface area contributed by atoms with Crippen molar-refractivity contribution in [3.05, 3.63) is 23.8 Å². The van der Waals surface area contributed by atoms with Crippen LogP contribution in [0.25, 0.3) is 0 Å². The second kappa shape index (κ2) is 9.05. The van der Waals surface area contributed by atoms with Gasteiger partial charge >= 0.3 is 11.9 Å². The topological polar surface area (TPSA) is 124 Å². The number of carbonyl (C=O) groups excluding carboxylic acids is 5. The van der Waals surface area contributed by atoms with E-state index < -0.39 is 52.8 Å². The van der Waals surface area contributed by atoms with E-state index in [4.69, 9.17) is 9.47 Å². The highest BCUT2D eigenvalue weighted by Gasteiger charge is 2.72. The Morgan fingerprint density at radius 3 is 2.42 bits per heavy atom. The minimum absolute atomic E-state index is 0.0211. The molecule has 0 aromatic carbocycles. The molecule has 8 nitrogen and oxygen atoms in total. The van der Waals surface area contributed by atoms with Crippen molar-refractivity contribution in [2.45, 2.75) is 78.9 Å². The van der Waals surface area contributed by atoms with Gasteiger partial charge in [0.2, 0.25) is 0 Å². The van der Waals surface area contributed by atoms with Crippen molar-refractivity contribution >= 4 is 29.3 Å². The highest BCUT2D eigenvalue weighted by Crippen LogP contribution is 2.71. The second-order valence-electron chi connectivity index (χ2n) is 11.6. The van der Waals surface area contributed by atoms with Crippen LogP contribution in [0.3, 0.4) is 0 Å². The number of ketones is 3. The van der Waals surface area contributed by atoms with Crippen LogP contribution in [0.5, 0.6) is 0 Å². The van der Waals surface area contributed by atoms with E-state index in [0.29, 0.717) is 19.3 Å². The minimum atomic E-state index is -1.42. The molecule has 0 radical (unpaired) electrons. The van der Waals surface area contributed by atoms with Gasteiger partial charge in [-0.3, -0.25) is 24.0 Å². The summed E-state index contributed by atoms with van der Waals surface area (Å²) >= 11 is 0. The molecule has 4 aliphatic carbocycles. The largest absolute Gasteiger partial charge is 0.461 e. The van der Waals surface area contributed by atoms with Crippen LogP contribution in [0, 0.1) is 34.0 Å². The molecule has 8 heteroatoms. The number of aliphatic hydroxyl groups is 1. The van der Waals surface area contributed by atoms with Gasteiger partial charge in [0.25, 0.3) is 0 Å². The van der Waals surface area contributed by atoms with E-state index in [2.05, 4.69) is 6.92 Å². The summed E-state index contributed by atoms with van der Waals surface area (Å²) < 4.78 is 10.8. The predicted molar refractivity (Wildman–Crippen MR) is 128 cm³/mol. The Hall–Kier alpha value is -2.61. The fourth-order valence-electron chi connectivity index (χ4n) is 8.37. The highest BCUT2D eigenvalue weighted by atomic mass is 16.5. The molecule has 3 saturated carbocycles. The number of hydrogen-bond donors (Lipinski definition) is 1. The zero-order valence-electron chi connectivity index (χ0n) is 21.7. The maximum absolute atomic E-state index is 13.9. The number of aliphatic hydroxyl groups excluding tert-OH is 1. The number of fused-ring (bicyclic) bond motifs is 5. The third-order valence-electron chi connectivity index (χ3n) is 9.66. The summed E-state index contributed by atoms with van der Waals surface area (Å²) in [5.41, 5.74) is -1.79.